The zero-order valence-corrected chi connectivity index (χ0v) is 7.32. The Kier molecular flexibility index (Phi) is 2.89. The van der Waals surface area contributed by atoms with Crippen LogP contribution < -0.4 is 0 Å². The van der Waals surface area contributed by atoms with E-state index in [1.807, 2.05) is 26.0 Å². The van der Waals surface area contributed by atoms with Crippen LogP contribution in [0.25, 0.3) is 0 Å². The van der Waals surface area contributed by atoms with Gasteiger partial charge in [-0.15, -0.1) is 0 Å². The van der Waals surface area contributed by atoms with Crippen LogP contribution in [0.3, 0.4) is 0 Å². The van der Waals surface area contributed by atoms with Crippen LogP contribution in [0.5, 0.6) is 0 Å². The van der Waals surface area contributed by atoms with E-state index in [0.717, 1.165) is 5.76 Å². The number of aliphatic hydroxyl groups is 2. The summed E-state index contributed by atoms with van der Waals surface area (Å²) in [5.41, 5.74) is 0. The van der Waals surface area contributed by atoms with Crippen molar-refractivity contribution in [3.8, 4) is 0 Å². The third-order valence-corrected chi connectivity index (χ3v) is 1.97. The smallest absolute Gasteiger partial charge is 0.109 e. The van der Waals surface area contributed by atoms with Gasteiger partial charge in [0.05, 0.1) is 12.7 Å². The third-order valence-electron chi connectivity index (χ3n) is 1.97. The summed E-state index contributed by atoms with van der Waals surface area (Å²) >= 11 is 0. The number of aryl methyl sites for hydroxylation is 1. The van der Waals surface area contributed by atoms with Crippen molar-refractivity contribution < 1.29 is 14.6 Å². The lowest BCUT2D eigenvalue weighted by atomic mass is 10.0. The van der Waals surface area contributed by atoms with Crippen molar-refractivity contribution in [2.75, 3.05) is 6.61 Å². The van der Waals surface area contributed by atoms with Gasteiger partial charge in [0, 0.05) is 5.92 Å². The molecule has 2 N–H and O–H groups in total. The summed E-state index contributed by atoms with van der Waals surface area (Å²) < 4.78 is 5.30. The van der Waals surface area contributed by atoms with E-state index in [0.29, 0.717) is 5.76 Å². The predicted molar refractivity (Wildman–Crippen MR) is 45.0 cm³/mol. The molecule has 0 amide bonds. The molecular weight excluding hydrogens is 156 g/mol. The minimum Gasteiger partial charge on any atom is -0.466 e. The molecule has 68 valence electrons. The average Bonchev–Trinajstić information content (AvgIpc) is 2.49. The Bertz CT molecular complexity index is 242. The number of hydrogen-bond acceptors (Lipinski definition) is 3. The summed E-state index contributed by atoms with van der Waals surface area (Å²) in [6, 6.07) is 3.66. The molecule has 0 aliphatic rings. The molecule has 0 aromatic carbocycles. The SMILES string of the molecule is Cc1ccc(C(C)[C@H](O)CO)o1. The van der Waals surface area contributed by atoms with Gasteiger partial charge in [-0.05, 0) is 19.1 Å². The molecule has 1 aromatic rings. The van der Waals surface area contributed by atoms with Crippen LogP contribution in [0.2, 0.25) is 0 Å². The molecule has 1 rings (SSSR count). The second-order valence-corrected chi connectivity index (χ2v) is 2.99. The van der Waals surface area contributed by atoms with E-state index in [1.54, 1.807) is 0 Å². The second kappa shape index (κ2) is 3.74. The quantitative estimate of drug-likeness (QED) is 0.712. The van der Waals surface area contributed by atoms with Crippen molar-refractivity contribution in [1.82, 2.24) is 0 Å². The number of rotatable bonds is 3. The average molecular weight is 170 g/mol. The highest BCUT2D eigenvalue weighted by atomic mass is 16.3. The Labute approximate surface area is 71.6 Å². The number of furan rings is 1. The Morgan fingerprint density at radius 2 is 2.17 bits per heavy atom. The molecule has 1 aromatic heterocycles. The molecule has 0 radical (unpaired) electrons. The predicted octanol–water partition coefficient (Wildman–Crippen LogP) is 1.04. The van der Waals surface area contributed by atoms with E-state index >= 15 is 0 Å². The van der Waals surface area contributed by atoms with E-state index in [9.17, 15) is 5.11 Å². The zero-order valence-electron chi connectivity index (χ0n) is 7.32. The molecular formula is C9H14O3. The van der Waals surface area contributed by atoms with Gasteiger partial charge in [0.2, 0.25) is 0 Å². The summed E-state index contributed by atoms with van der Waals surface area (Å²) in [6.45, 7) is 3.43. The Morgan fingerprint density at radius 1 is 1.50 bits per heavy atom. The largest absolute Gasteiger partial charge is 0.466 e. The minimum absolute atomic E-state index is 0.149. The topological polar surface area (TPSA) is 53.6 Å². The lowest BCUT2D eigenvalue weighted by molar-refractivity contribution is 0.0712. The second-order valence-electron chi connectivity index (χ2n) is 2.99. The van der Waals surface area contributed by atoms with Crippen molar-refractivity contribution in [2.24, 2.45) is 0 Å². The highest BCUT2D eigenvalue weighted by Gasteiger charge is 2.17. The molecule has 3 heteroatoms. The fourth-order valence-electron chi connectivity index (χ4n) is 1.05. The first-order valence-electron chi connectivity index (χ1n) is 4.00. The van der Waals surface area contributed by atoms with Gasteiger partial charge in [-0.25, -0.2) is 0 Å². The lowest BCUT2D eigenvalue weighted by Gasteiger charge is -2.13. The van der Waals surface area contributed by atoms with Gasteiger partial charge in [0.15, 0.2) is 0 Å². The first-order chi connectivity index (χ1) is 5.65. The van der Waals surface area contributed by atoms with Crippen LogP contribution in [0.1, 0.15) is 24.4 Å². The van der Waals surface area contributed by atoms with Crippen LogP contribution in [0, 0.1) is 6.92 Å². The van der Waals surface area contributed by atoms with Crippen molar-refractivity contribution in [3.05, 3.63) is 23.7 Å². The molecule has 0 saturated heterocycles. The maximum Gasteiger partial charge on any atom is 0.109 e. The Morgan fingerprint density at radius 3 is 2.58 bits per heavy atom. The van der Waals surface area contributed by atoms with Gasteiger partial charge in [-0.1, -0.05) is 6.92 Å². The number of hydrogen-bond donors (Lipinski definition) is 2. The molecule has 1 unspecified atom stereocenters. The number of aliphatic hydroxyl groups excluding tert-OH is 2. The minimum atomic E-state index is -0.740. The molecule has 0 fully saturated rings. The molecule has 12 heavy (non-hydrogen) atoms. The van der Waals surface area contributed by atoms with Crippen LogP contribution in [0.4, 0.5) is 0 Å². The zero-order chi connectivity index (χ0) is 9.14. The fourth-order valence-corrected chi connectivity index (χ4v) is 1.05. The molecule has 0 aliphatic carbocycles. The molecule has 1 heterocycles. The molecule has 0 bridgehead atoms. The summed E-state index contributed by atoms with van der Waals surface area (Å²) in [5, 5.41) is 18.0. The van der Waals surface area contributed by atoms with E-state index in [1.165, 1.54) is 0 Å². The maximum absolute atomic E-state index is 9.28. The van der Waals surface area contributed by atoms with E-state index in [4.69, 9.17) is 9.52 Å². The Balaban J connectivity index is 2.70. The van der Waals surface area contributed by atoms with Crippen LogP contribution in [-0.4, -0.2) is 22.9 Å². The first-order valence-corrected chi connectivity index (χ1v) is 4.00. The van der Waals surface area contributed by atoms with E-state index in [-0.39, 0.29) is 12.5 Å². The summed E-state index contributed by atoms with van der Waals surface area (Å²) in [7, 11) is 0. The molecule has 0 spiro atoms. The highest BCUT2D eigenvalue weighted by molar-refractivity contribution is 5.10. The standard InChI is InChI=1S/C9H14O3/c1-6-3-4-9(12-6)7(2)8(11)5-10/h3-4,7-8,10-11H,5H2,1-2H3/t7?,8-/m1/s1. The fraction of sp³-hybridized carbons (Fsp3) is 0.556. The maximum atomic E-state index is 9.28. The molecule has 2 atom stereocenters. The molecule has 3 nitrogen and oxygen atoms in total. The summed E-state index contributed by atoms with van der Waals surface area (Å²) in [4.78, 5) is 0. The lowest BCUT2D eigenvalue weighted by Crippen LogP contribution is -2.19. The van der Waals surface area contributed by atoms with Crippen molar-refractivity contribution >= 4 is 0 Å². The van der Waals surface area contributed by atoms with Gasteiger partial charge in [0.1, 0.15) is 11.5 Å². The van der Waals surface area contributed by atoms with Crippen LogP contribution in [0.15, 0.2) is 16.5 Å². The van der Waals surface area contributed by atoms with E-state index < -0.39 is 6.10 Å². The van der Waals surface area contributed by atoms with E-state index in [2.05, 4.69) is 0 Å². The normalized spacial score (nSPS) is 16.0. The van der Waals surface area contributed by atoms with Gasteiger partial charge in [-0.2, -0.15) is 0 Å². The summed E-state index contributed by atoms with van der Waals surface area (Å²) in [6.07, 6.45) is -0.740. The van der Waals surface area contributed by atoms with Gasteiger partial charge >= 0.3 is 0 Å². The first kappa shape index (κ1) is 9.29. The van der Waals surface area contributed by atoms with Gasteiger partial charge in [0.25, 0.3) is 0 Å². The monoisotopic (exact) mass is 170 g/mol. The van der Waals surface area contributed by atoms with Crippen molar-refractivity contribution in [2.45, 2.75) is 25.9 Å². The highest BCUT2D eigenvalue weighted by Crippen LogP contribution is 2.20. The third kappa shape index (κ3) is 1.87. The Hall–Kier alpha value is -0.800. The van der Waals surface area contributed by atoms with Gasteiger partial charge < -0.3 is 14.6 Å². The van der Waals surface area contributed by atoms with Crippen molar-refractivity contribution in [1.29, 1.82) is 0 Å². The van der Waals surface area contributed by atoms with Gasteiger partial charge in [-0.3, -0.25) is 0 Å². The van der Waals surface area contributed by atoms with Crippen LogP contribution in [-0.2, 0) is 0 Å². The van der Waals surface area contributed by atoms with Crippen LogP contribution >= 0.6 is 0 Å². The molecule has 0 aliphatic heterocycles. The summed E-state index contributed by atoms with van der Waals surface area (Å²) in [5.74, 6) is 1.39. The van der Waals surface area contributed by atoms with Crippen molar-refractivity contribution in [3.63, 3.8) is 0 Å². The molecule has 0 saturated carbocycles.